The molecule has 8 nitrogen and oxygen atoms in total. The summed E-state index contributed by atoms with van der Waals surface area (Å²) in [7, 11) is 0. The third-order valence-electron chi connectivity index (χ3n) is 4.57. The molecule has 0 aromatic heterocycles. The molecule has 1 saturated heterocycles. The molecular formula is C21H35N3O5. The minimum Gasteiger partial charge on any atom is -0.444 e. The Morgan fingerprint density at radius 3 is 1.93 bits per heavy atom. The number of likely N-dealkylation sites (tertiary alicyclic amines) is 1. The quantitative estimate of drug-likeness (QED) is 0.698. The Kier molecular flexibility index (Phi) is 7.19. The molecule has 0 radical (unpaired) electrons. The number of hydrogen-bond donors (Lipinski definition) is 2. The van der Waals surface area contributed by atoms with Crippen LogP contribution >= 0.6 is 0 Å². The molecule has 2 fully saturated rings. The number of nitrogens with zero attached hydrogens (tertiary/aromatic N) is 1. The predicted molar refractivity (Wildman–Crippen MR) is 109 cm³/mol. The molecule has 2 unspecified atom stereocenters. The van der Waals surface area contributed by atoms with Gasteiger partial charge in [-0.1, -0.05) is 12.8 Å². The summed E-state index contributed by atoms with van der Waals surface area (Å²) in [6.07, 6.45) is 4.31. The Bertz CT molecular complexity index is 652. The molecule has 164 valence electrons. The van der Waals surface area contributed by atoms with Crippen LogP contribution in [0.3, 0.4) is 0 Å². The number of alkyl carbamates (subject to hydrolysis) is 1. The Hall–Kier alpha value is -2.25. The van der Waals surface area contributed by atoms with E-state index in [2.05, 4.69) is 10.6 Å². The van der Waals surface area contributed by atoms with Crippen molar-refractivity contribution in [3.8, 4) is 0 Å². The fourth-order valence-corrected chi connectivity index (χ4v) is 3.34. The molecule has 1 heterocycles. The average molecular weight is 410 g/mol. The first kappa shape index (κ1) is 23.0. The van der Waals surface area contributed by atoms with E-state index in [1.54, 1.807) is 11.0 Å². The van der Waals surface area contributed by atoms with Gasteiger partial charge in [-0.05, 0) is 60.0 Å². The molecular weight excluding hydrogens is 374 g/mol. The molecule has 2 rings (SSSR count). The van der Waals surface area contributed by atoms with E-state index in [4.69, 9.17) is 9.47 Å². The molecule has 2 aliphatic rings. The van der Waals surface area contributed by atoms with Gasteiger partial charge in [-0.3, -0.25) is 4.79 Å². The Morgan fingerprint density at radius 2 is 1.41 bits per heavy atom. The van der Waals surface area contributed by atoms with Crippen LogP contribution in [-0.4, -0.2) is 59.4 Å². The van der Waals surface area contributed by atoms with Gasteiger partial charge in [0.1, 0.15) is 11.2 Å². The largest absolute Gasteiger partial charge is 0.444 e. The molecule has 8 heteroatoms. The molecule has 3 amide bonds. The van der Waals surface area contributed by atoms with Crippen LogP contribution in [0.4, 0.5) is 9.59 Å². The van der Waals surface area contributed by atoms with E-state index < -0.39 is 17.3 Å². The van der Waals surface area contributed by atoms with E-state index in [-0.39, 0.29) is 24.1 Å². The van der Waals surface area contributed by atoms with Gasteiger partial charge in [-0.25, -0.2) is 9.59 Å². The third kappa shape index (κ3) is 7.95. The van der Waals surface area contributed by atoms with E-state index >= 15 is 0 Å². The second kappa shape index (κ2) is 9.05. The van der Waals surface area contributed by atoms with Crippen LogP contribution in [0.1, 0.15) is 67.2 Å². The first-order valence-electron chi connectivity index (χ1n) is 10.3. The Morgan fingerprint density at radius 1 is 0.897 bits per heavy atom. The summed E-state index contributed by atoms with van der Waals surface area (Å²) in [6, 6.07) is -0.289. The maximum absolute atomic E-state index is 12.4. The highest BCUT2D eigenvalue weighted by molar-refractivity contribution is 5.89. The minimum absolute atomic E-state index is 0.136. The highest BCUT2D eigenvalue weighted by Crippen LogP contribution is 2.21. The lowest BCUT2D eigenvalue weighted by Gasteiger charge is -2.36. The van der Waals surface area contributed by atoms with E-state index in [0.29, 0.717) is 13.1 Å². The molecule has 0 aromatic carbocycles. The SMILES string of the molecule is CC(C)(C)OC(=O)NC1CCCCC1NC(=O)C=C1CN(C(=O)OC(C)(C)C)C1. The maximum Gasteiger partial charge on any atom is 0.410 e. The van der Waals surface area contributed by atoms with Gasteiger partial charge in [0.05, 0.1) is 6.04 Å². The molecule has 2 atom stereocenters. The number of ether oxygens (including phenoxy) is 2. The normalized spacial score (nSPS) is 22.3. The van der Waals surface area contributed by atoms with Gasteiger partial charge in [-0.2, -0.15) is 0 Å². The second-order valence-corrected chi connectivity index (χ2v) is 9.79. The molecule has 1 saturated carbocycles. The first-order chi connectivity index (χ1) is 13.3. The predicted octanol–water partition coefficient (Wildman–Crippen LogP) is 3.12. The van der Waals surface area contributed by atoms with Crippen molar-refractivity contribution in [1.82, 2.24) is 15.5 Å². The van der Waals surface area contributed by atoms with Crippen molar-refractivity contribution in [2.75, 3.05) is 13.1 Å². The van der Waals surface area contributed by atoms with Crippen molar-refractivity contribution in [2.45, 2.75) is 90.5 Å². The van der Waals surface area contributed by atoms with Crippen LogP contribution in [0.5, 0.6) is 0 Å². The number of carbonyl (C=O) groups excluding carboxylic acids is 3. The van der Waals surface area contributed by atoms with Gasteiger partial charge in [-0.15, -0.1) is 0 Å². The number of nitrogens with one attached hydrogen (secondary N) is 2. The fraction of sp³-hybridized carbons (Fsp3) is 0.762. The Balaban J connectivity index is 1.83. The van der Waals surface area contributed by atoms with Gasteiger partial charge < -0.3 is 25.0 Å². The molecule has 1 aliphatic carbocycles. The van der Waals surface area contributed by atoms with Crippen molar-refractivity contribution in [2.24, 2.45) is 0 Å². The van der Waals surface area contributed by atoms with Crippen LogP contribution in [0.2, 0.25) is 0 Å². The van der Waals surface area contributed by atoms with Gasteiger partial charge in [0, 0.05) is 25.2 Å². The number of carbonyl (C=O) groups is 3. The van der Waals surface area contributed by atoms with Gasteiger partial charge >= 0.3 is 12.2 Å². The Labute approximate surface area is 173 Å². The molecule has 0 spiro atoms. The minimum atomic E-state index is -0.563. The van der Waals surface area contributed by atoms with Crippen molar-refractivity contribution in [3.63, 3.8) is 0 Å². The number of amides is 3. The second-order valence-electron chi connectivity index (χ2n) is 9.79. The van der Waals surface area contributed by atoms with Crippen LogP contribution in [0, 0.1) is 0 Å². The average Bonchev–Trinajstić information content (AvgIpc) is 2.48. The van der Waals surface area contributed by atoms with Crippen molar-refractivity contribution < 1.29 is 23.9 Å². The van der Waals surface area contributed by atoms with Gasteiger partial charge in [0.2, 0.25) is 5.91 Å². The molecule has 2 N–H and O–H groups in total. The van der Waals surface area contributed by atoms with Crippen LogP contribution in [0.15, 0.2) is 11.6 Å². The van der Waals surface area contributed by atoms with E-state index in [1.807, 2.05) is 41.5 Å². The lowest BCUT2D eigenvalue weighted by atomic mass is 9.90. The van der Waals surface area contributed by atoms with Crippen molar-refractivity contribution in [1.29, 1.82) is 0 Å². The van der Waals surface area contributed by atoms with Crippen molar-refractivity contribution in [3.05, 3.63) is 11.6 Å². The summed E-state index contributed by atoms with van der Waals surface area (Å²) in [4.78, 5) is 38.0. The summed E-state index contributed by atoms with van der Waals surface area (Å²) >= 11 is 0. The van der Waals surface area contributed by atoms with E-state index in [0.717, 1.165) is 31.3 Å². The number of hydrogen-bond acceptors (Lipinski definition) is 5. The maximum atomic E-state index is 12.4. The lowest BCUT2D eigenvalue weighted by Crippen LogP contribution is -2.54. The summed E-state index contributed by atoms with van der Waals surface area (Å²) < 4.78 is 10.6. The zero-order valence-electron chi connectivity index (χ0n) is 18.5. The summed E-state index contributed by atoms with van der Waals surface area (Å²) in [6.45, 7) is 11.7. The number of rotatable bonds is 3. The molecule has 0 aromatic rings. The van der Waals surface area contributed by atoms with Gasteiger partial charge in [0.15, 0.2) is 0 Å². The molecule has 29 heavy (non-hydrogen) atoms. The zero-order valence-corrected chi connectivity index (χ0v) is 18.5. The third-order valence-corrected chi connectivity index (χ3v) is 4.57. The lowest BCUT2D eigenvalue weighted by molar-refractivity contribution is -0.117. The van der Waals surface area contributed by atoms with Crippen LogP contribution in [0.25, 0.3) is 0 Å². The smallest absolute Gasteiger partial charge is 0.410 e. The topological polar surface area (TPSA) is 97.0 Å². The zero-order chi connectivity index (χ0) is 21.8. The summed E-state index contributed by atoms with van der Waals surface area (Å²) in [5.74, 6) is -0.202. The monoisotopic (exact) mass is 409 g/mol. The standard InChI is InChI=1S/C21H35N3O5/c1-20(2,3)28-18(26)23-16-10-8-7-9-15(16)22-17(25)11-14-12-24(13-14)19(27)29-21(4,5)6/h11,15-16H,7-10,12-13H2,1-6H3,(H,22,25)(H,23,26). The summed E-state index contributed by atoms with van der Waals surface area (Å²) in [5.41, 5.74) is -0.224. The molecule has 1 aliphatic heterocycles. The highest BCUT2D eigenvalue weighted by Gasteiger charge is 2.32. The van der Waals surface area contributed by atoms with E-state index in [1.165, 1.54) is 0 Å². The summed E-state index contributed by atoms with van der Waals surface area (Å²) in [5, 5.41) is 5.89. The highest BCUT2D eigenvalue weighted by atomic mass is 16.6. The molecule has 0 bridgehead atoms. The van der Waals surface area contributed by atoms with Crippen molar-refractivity contribution >= 4 is 18.1 Å². The first-order valence-corrected chi connectivity index (χ1v) is 10.3. The van der Waals surface area contributed by atoms with Crippen LogP contribution < -0.4 is 10.6 Å². The van der Waals surface area contributed by atoms with Crippen LogP contribution in [-0.2, 0) is 14.3 Å². The van der Waals surface area contributed by atoms with Gasteiger partial charge in [0.25, 0.3) is 0 Å². The fourth-order valence-electron chi connectivity index (χ4n) is 3.34. The van der Waals surface area contributed by atoms with E-state index in [9.17, 15) is 14.4 Å².